The highest BCUT2D eigenvalue weighted by atomic mass is 32.2. The van der Waals surface area contributed by atoms with Crippen molar-refractivity contribution >= 4 is 17.9 Å². The molecular weight excluding hydrogens is 266 g/mol. The number of amides is 1. The van der Waals surface area contributed by atoms with Crippen LogP contribution in [0.25, 0.3) is 0 Å². The van der Waals surface area contributed by atoms with Crippen LogP contribution in [0.5, 0.6) is 0 Å². The van der Waals surface area contributed by atoms with Gasteiger partial charge in [-0.3, -0.25) is 0 Å². The highest BCUT2D eigenvalue weighted by Crippen LogP contribution is 2.24. The summed E-state index contributed by atoms with van der Waals surface area (Å²) in [4.78, 5) is 12.0. The lowest BCUT2D eigenvalue weighted by atomic mass is 10.2. The Hall–Kier alpha value is -1.24. The average molecular weight is 283 g/mol. The molecule has 5 nitrogen and oxygen atoms in total. The summed E-state index contributed by atoms with van der Waals surface area (Å²) < 4.78 is 15.4. The van der Waals surface area contributed by atoms with Crippen LogP contribution in [-0.2, 0) is 14.2 Å². The van der Waals surface area contributed by atoms with Gasteiger partial charge in [-0.1, -0.05) is 12.1 Å². The monoisotopic (exact) mass is 283 g/mol. The van der Waals surface area contributed by atoms with E-state index < -0.39 is 0 Å². The zero-order valence-corrected chi connectivity index (χ0v) is 11.7. The van der Waals surface area contributed by atoms with Crippen LogP contribution in [0.15, 0.2) is 29.2 Å². The summed E-state index contributed by atoms with van der Waals surface area (Å²) in [5, 5.41) is 2.64. The maximum absolute atomic E-state index is 10.9. The second kappa shape index (κ2) is 6.79. The van der Waals surface area contributed by atoms with Gasteiger partial charge < -0.3 is 19.5 Å². The van der Waals surface area contributed by atoms with E-state index >= 15 is 0 Å². The molecule has 0 bridgehead atoms. The first-order chi connectivity index (χ1) is 9.22. The van der Waals surface area contributed by atoms with E-state index in [4.69, 9.17) is 14.2 Å². The van der Waals surface area contributed by atoms with Gasteiger partial charge in [-0.2, -0.15) is 0 Å². The van der Waals surface area contributed by atoms with Gasteiger partial charge in [-0.15, -0.1) is 11.8 Å². The van der Waals surface area contributed by atoms with E-state index in [1.54, 1.807) is 26.0 Å². The van der Waals surface area contributed by atoms with E-state index in [1.165, 1.54) is 0 Å². The number of hydrogen-bond donors (Lipinski definition) is 1. The van der Waals surface area contributed by atoms with Gasteiger partial charge in [0.1, 0.15) is 6.10 Å². The summed E-state index contributed by atoms with van der Waals surface area (Å²) in [5.41, 5.74) is 0.975. The molecule has 104 valence electrons. The van der Waals surface area contributed by atoms with Crippen LogP contribution in [0.3, 0.4) is 0 Å². The minimum atomic E-state index is -0.334. The first kappa shape index (κ1) is 14.2. The number of ether oxygens (including phenoxy) is 3. The number of methoxy groups -OCH3 is 2. The SMILES string of the molecule is COC(OC)c1ccc(SCC2CNC(=O)O2)cc1. The number of thioether (sulfide) groups is 1. The third kappa shape index (κ3) is 3.86. The van der Waals surface area contributed by atoms with E-state index in [1.807, 2.05) is 24.3 Å². The van der Waals surface area contributed by atoms with Crippen LogP contribution < -0.4 is 5.32 Å². The fourth-order valence-electron chi connectivity index (χ4n) is 1.80. The van der Waals surface area contributed by atoms with Crippen molar-refractivity contribution in [2.45, 2.75) is 17.3 Å². The van der Waals surface area contributed by atoms with Crippen LogP contribution in [0.4, 0.5) is 4.79 Å². The lowest BCUT2D eigenvalue weighted by Gasteiger charge is -2.14. The Morgan fingerprint density at radius 2 is 2.05 bits per heavy atom. The molecule has 1 atom stereocenters. The first-order valence-corrected chi connectivity index (χ1v) is 6.94. The number of benzene rings is 1. The Labute approximate surface area is 116 Å². The fourth-order valence-corrected chi connectivity index (χ4v) is 2.70. The van der Waals surface area contributed by atoms with Gasteiger partial charge in [0.25, 0.3) is 0 Å². The predicted molar refractivity (Wildman–Crippen MR) is 72.2 cm³/mol. The Morgan fingerprint density at radius 3 is 2.58 bits per heavy atom. The molecule has 1 aliphatic heterocycles. The predicted octanol–water partition coefficient (Wildman–Crippen LogP) is 2.18. The van der Waals surface area contributed by atoms with Crippen molar-refractivity contribution in [2.24, 2.45) is 0 Å². The van der Waals surface area contributed by atoms with Crippen molar-refractivity contribution in [1.82, 2.24) is 5.32 Å². The van der Waals surface area contributed by atoms with Crippen molar-refractivity contribution in [3.05, 3.63) is 29.8 Å². The quantitative estimate of drug-likeness (QED) is 0.640. The van der Waals surface area contributed by atoms with Crippen LogP contribution in [0.2, 0.25) is 0 Å². The highest BCUT2D eigenvalue weighted by Gasteiger charge is 2.22. The van der Waals surface area contributed by atoms with Gasteiger partial charge in [0, 0.05) is 30.4 Å². The van der Waals surface area contributed by atoms with E-state index in [0.717, 1.165) is 16.2 Å². The molecule has 1 heterocycles. The second-order valence-corrected chi connectivity index (χ2v) is 5.19. The van der Waals surface area contributed by atoms with Gasteiger partial charge in [0.15, 0.2) is 6.29 Å². The molecule has 0 saturated carbocycles. The Balaban J connectivity index is 1.86. The normalized spacial score (nSPS) is 18.5. The maximum atomic E-state index is 10.9. The number of carbonyl (C=O) groups excluding carboxylic acids is 1. The molecule has 0 aromatic heterocycles. The Bertz CT molecular complexity index is 419. The minimum Gasteiger partial charge on any atom is -0.443 e. The number of rotatable bonds is 6. The van der Waals surface area contributed by atoms with Crippen molar-refractivity contribution < 1.29 is 19.0 Å². The summed E-state index contributed by atoms with van der Waals surface area (Å²) in [5.74, 6) is 0.746. The summed E-state index contributed by atoms with van der Waals surface area (Å²) in [6, 6.07) is 7.96. The molecule has 1 aromatic rings. The van der Waals surface area contributed by atoms with Gasteiger partial charge in [-0.25, -0.2) is 4.79 Å². The molecule has 1 aliphatic rings. The molecule has 19 heavy (non-hydrogen) atoms. The van der Waals surface area contributed by atoms with E-state index in [9.17, 15) is 4.79 Å². The number of alkyl carbamates (subject to hydrolysis) is 1. The molecule has 0 aliphatic carbocycles. The zero-order valence-electron chi connectivity index (χ0n) is 10.9. The van der Waals surface area contributed by atoms with Gasteiger partial charge in [0.2, 0.25) is 0 Å². The standard InChI is InChI=1S/C13H17NO4S/c1-16-12(17-2)9-3-5-11(6-4-9)19-8-10-7-14-13(15)18-10/h3-6,10,12H,7-8H2,1-2H3,(H,14,15). The number of hydrogen-bond acceptors (Lipinski definition) is 5. The Morgan fingerprint density at radius 1 is 1.37 bits per heavy atom. The lowest BCUT2D eigenvalue weighted by molar-refractivity contribution is -0.106. The van der Waals surface area contributed by atoms with Crippen molar-refractivity contribution in [2.75, 3.05) is 26.5 Å². The molecule has 2 rings (SSSR count). The molecule has 1 saturated heterocycles. The zero-order chi connectivity index (χ0) is 13.7. The van der Waals surface area contributed by atoms with E-state index in [2.05, 4.69) is 5.32 Å². The largest absolute Gasteiger partial charge is 0.443 e. The third-order valence-electron chi connectivity index (χ3n) is 2.76. The second-order valence-electron chi connectivity index (χ2n) is 4.09. The van der Waals surface area contributed by atoms with Crippen LogP contribution >= 0.6 is 11.8 Å². The molecule has 1 fully saturated rings. The molecule has 0 spiro atoms. The van der Waals surface area contributed by atoms with E-state index in [0.29, 0.717) is 6.54 Å². The minimum absolute atomic E-state index is 0.0529. The lowest BCUT2D eigenvalue weighted by Crippen LogP contribution is -2.16. The Kier molecular flexibility index (Phi) is 5.07. The molecule has 0 radical (unpaired) electrons. The molecule has 1 N–H and O–H groups in total. The van der Waals surface area contributed by atoms with Crippen LogP contribution in [-0.4, -0.2) is 38.7 Å². The van der Waals surface area contributed by atoms with Gasteiger partial charge in [0.05, 0.1) is 6.54 Å². The average Bonchev–Trinajstić information content (AvgIpc) is 2.85. The molecule has 1 unspecified atom stereocenters. The number of carbonyl (C=O) groups is 1. The fraction of sp³-hybridized carbons (Fsp3) is 0.462. The van der Waals surface area contributed by atoms with Crippen molar-refractivity contribution in [1.29, 1.82) is 0 Å². The smallest absolute Gasteiger partial charge is 0.407 e. The van der Waals surface area contributed by atoms with E-state index in [-0.39, 0.29) is 18.5 Å². The van der Waals surface area contributed by atoms with Gasteiger partial charge >= 0.3 is 6.09 Å². The third-order valence-corrected chi connectivity index (χ3v) is 3.91. The summed E-state index contributed by atoms with van der Waals surface area (Å²) >= 11 is 1.66. The topological polar surface area (TPSA) is 56.8 Å². The molecular formula is C13H17NO4S. The van der Waals surface area contributed by atoms with Crippen molar-refractivity contribution in [3.63, 3.8) is 0 Å². The van der Waals surface area contributed by atoms with Crippen LogP contribution in [0.1, 0.15) is 11.9 Å². The molecule has 6 heteroatoms. The number of nitrogens with one attached hydrogen (secondary N) is 1. The number of cyclic esters (lactones) is 1. The molecule has 1 aromatic carbocycles. The van der Waals surface area contributed by atoms with Crippen molar-refractivity contribution in [3.8, 4) is 0 Å². The first-order valence-electron chi connectivity index (χ1n) is 5.95. The van der Waals surface area contributed by atoms with Gasteiger partial charge in [-0.05, 0) is 12.1 Å². The summed E-state index contributed by atoms with van der Waals surface area (Å²) in [6.45, 7) is 0.583. The molecule has 1 amide bonds. The summed E-state index contributed by atoms with van der Waals surface area (Å²) in [7, 11) is 3.22. The summed E-state index contributed by atoms with van der Waals surface area (Å²) in [6.07, 6.45) is -0.717. The van der Waals surface area contributed by atoms with Crippen LogP contribution in [0, 0.1) is 0 Å². The highest BCUT2D eigenvalue weighted by molar-refractivity contribution is 7.99. The maximum Gasteiger partial charge on any atom is 0.407 e.